The number of carbonyl (C=O) groups is 1. The maximum atomic E-state index is 13.6. The average Bonchev–Trinajstić information content (AvgIpc) is 2.70. The highest BCUT2D eigenvalue weighted by atomic mass is 32.2. The van der Waals surface area contributed by atoms with Crippen molar-refractivity contribution >= 4 is 21.6 Å². The molecule has 0 unspecified atom stereocenters. The Labute approximate surface area is 163 Å². The van der Waals surface area contributed by atoms with E-state index in [0.717, 1.165) is 37.0 Å². The summed E-state index contributed by atoms with van der Waals surface area (Å²) in [5.41, 5.74) is 0.303. The molecule has 1 aliphatic rings. The summed E-state index contributed by atoms with van der Waals surface area (Å²) in [6.07, 6.45) is 3.13. The number of nitrogens with one attached hydrogen (secondary N) is 1. The molecule has 2 aromatic carbocycles. The second-order valence-electron chi connectivity index (χ2n) is 6.75. The minimum Gasteiger partial charge on any atom is -0.321 e. The molecule has 1 fully saturated rings. The molecule has 0 bridgehead atoms. The van der Waals surface area contributed by atoms with Crippen LogP contribution in [0.25, 0.3) is 0 Å². The van der Waals surface area contributed by atoms with E-state index >= 15 is 0 Å². The summed E-state index contributed by atoms with van der Waals surface area (Å²) in [4.78, 5) is 12.2. The molecule has 1 heterocycles. The number of hydrogen-bond acceptors (Lipinski definition) is 3. The lowest BCUT2D eigenvalue weighted by Gasteiger charge is -2.25. The number of halogens is 2. The van der Waals surface area contributed by atoms with Crippen LogP contribution >= 0.6 is 0 Å². The van der Waals surface area contributed by atoms with Gasteiger partial charge < -0.3 is 5.32 Å². The number of sulfonamides is 1. The molecule has 0 atom stereocenters. The molecule has 0 saturated carbocycles. The van der Waals surface area contributed by atoms with Gasteiger partial charge in [0.1, 0.15) is 17.3 Å². The van der Waals surface area contributed by atoms with Gasteiger partial charge in [-0.3, -0.25) is 4.79 Å². The summed E-state index contributed by atoms with van der Waals surface area (Å²) in [6, 6.07) is 9.75. The monoisotopic (exact) mass is 408 g/mol. The van der Waals surface area contributed by atoms with Gasteiger partial charge >= 0.3 is 0 Å². The maximum Gasteiger partial charge on any atom is 0.243 e. The molecule has 2 aromatic rings. The Balaban J connectivity index is 1.59. The van der Waals surface area contributed by atoms with E-state index in [0.29, 0.717) is 19.5 Å². The third-order valence-corrected chi connectivity index (χ3v) is 6.66. The van der Waals surface area contributed by atoms with Crippen LogP contribution < -0.4 is 5.32 Å². The lowest BCUT2D eigenvalue weighted by Crippen LogP contribution is -2.35. The second-order valence-corrected chi connectivity index (χ2v) is 8.69. The molecule has 8 heteroatoms. The summed E-state index contributed by atoms with van der Waals surface area (Å²) >= 11 is 0. The molecule has 1 saturated heterocycles. The van der Waals surface area contributed by atoms with Crippen molar-refractivity contribution < 1.29 is 22.0 Å². The van der Waals surface area contributed by atoms with E-state index in [1.165, 1.54) is 22.5 Å². The number of benzene rings is 2. The van der Waals surface area contributed by atoms with Crippen LogP contribution in [0.3, 0.4) is 0 Å². The van der Waals surface area contributed by atoms with E-state index in [-0.39, 0.29) is 11.3 Å². The van der Waals surface area contributed by atoms with Crippen LogP contribution in [0.2, 0.25) is 0 Å². The van der Waals surface area contributed by atoms with Crippen LogP contribution in [0.1, 0.15) is 31.2 Å². The average molecular weight is 408 g/mol. The Morgan fingerprint density at radius 2 is 1.57 bits per heavy atom. The summed E-state index contributed by atoms with van der Waals surface area (Å²) in [5, 5.41) is 2.24. The van der Waals surface area contributed by atoms with E-state index in [1.807, 2.05) is 0 Å². The number of aryl methyl sites for hydroxylation is 1. The van der Waals surface area contributed by atoms with E-state index in [2.05, 4.69) is 5.32 Å². The number of nitrogens with zero attached hydrogens (tertiary/aromatic N) is 1. The fourth-order valence-corrected chi connectivity index (χ4v) is 4.68. The first kappa shape index (κ1) is 20.4. The quantitative estimate of drug-likeness (QED) is 0.792. The molecule has 150 valence electrons. The number of hydrogen-bond donors (Lipinski definition) is 1. The molecule has 1 aliphatic heterocycles. The maximum absolute atomic E-state index is 13.6. The minimum atomic E-state index is -3.49. The third kappa shape index (κ3) is 4.74. The molecule has 0 radical (unpaired) electrons. The van der Waals surface area contributed by atoms with Gasteiger partial charge in [-0.05, 0) is 49.1 Å². The van der Waals surface area contributed by atoms with E-state index in [9.17, 15) is 22.0 Å². The van der Waals surface area contributed by atoms with Gasteiger partial charge in [-0.25, -0.2) is 17.2 Å². The van der Waals surface area contributed by atoms with Crippen molar-refractivity contribution in [2.24, 2.45) is 0 Å². The van der Waals surface area contributed by atoms with Crippen molar-refractivity contribution in [2.45, 2.75) is 37.0 Å². The molecule has 5 nitrogen and oxygen atoms in total. The van der Waals surface area contributed by atoms with Crippen LogP contribution in [0, 0.1) is 11.6 Å². The standard InChI is InChI=1S/C20H22F2N2O3S/c21-17-5-4-6-18(22)20(17)23-19(25)12-9-15-7-10-16(11-8-15)28(26,27)24-13-2-1-3-14-24/h4-8,10-11H,1-3,9,12-14H2,(H,23,25). The zero-order chi connectivity index (χ0) is 20.1. The first-order chi connectivity index (χ1) is 13.4. The molecule has 0 spiro atoms. The Morgan fingerprint density at radius 3 is 2.18 bits per heavy atom. The van der Waals surface area contributed by atoms with Gasteiger partial charge in [0.2, 0.25) is 15.9 Å². The lowest BCUT2D eigenvalue weighted by atomic mass is 10.1. The van der Waals surface area contributed by atoms with Crippen LogP contribution in [0.4, 0.5) is 14.5 Å². The topological polar surface area (TPSA) is 66.5 Å². The van der Waals surface area contributed by atoms with Gasteiger partial charge in [0.05, 0.1) is 4.90 Å². The van der Waals surface area contributed by atoms with E-state index in [1.54, 1.807) is 12.1 Å². The normalized spacial score (nSPS) is 15.4. The highest BCUT2D eigenvalue weighted by molar-refractivity contribution is 7.89. The largest absolute Gasteiger partial charge is 0.321 e. The summed E-state index contributed by atoms with van der Waals surface area (Å²) in [7, 11) is -3.49. The minimum absolute atomic E-state index is 0.0198. The summed E-state index contributed by atoms with van der Waals surface area (Å²) in [6.45, 7) is 1.08. The number of carbonyl (C=O) groups excluding carboxylic acids is 1. The van der Waals surface area contributed by atoms with Crippen molar-refractivity contribution in [1.82, 2.24) is 4.31 Å². The zero-order valence-electron chi connectivity index (χ0n) is 15.3. The fourth-order valence-electron chi connectivity index (χ4n) is 3.16. The van der Waals surface area contributed by atoms with Gasteiger partial charge in [-0.15, -0.1) is 0 Å². The molecule has 1 amide bonds. The zero-order valence-corrected chi connectivity index (χ0v) is 16.1. The Bertz CT molecular complexity index is 920. The highest BCUT2D eigenvalue weighted by Crippen LogP contribution is 2.22. The van der Waals surface area contributed by atoms with Crippen LogP contribution in [-0.4, -0.2) is 31.7 Å². The van der Waals surface area contributed by atoms with Crippen LogP contribution in [0.5, 0.6) is 0 Å². The van der Waals surface area contributed by atoms with Crippen LogP contribution in [-0.2, 0) is 21.2 Å². The van der Waals surface area contributed by atoms with Crippen molar-refractivity contribution in [2.75, 3.05) is 18.4 Å². The van der Waals surface area contributed by atoms with E-state index in [4.69, 9.17) is 0 Å². The van der Waals surface area contributed by atoms with E-state index < -0.39 is 33.3 Å². The Hall–Kier alpha value is -2.32. The summed E-state index contributed by atoms with van der Waals surface area (Å²) < 4.78 is 53.9. The smallest absolute Gasteiger partial charge is 0.243 e. The molecule has 0 aliphatic carbocycles. The van der Waals surface area contributed by atoms with Crippen molar-refractivity contribution in [3.05, 3.63) is 59.7 Å². The molecule has 28 heavy (non-hydrogen) atoms. The number of para-hydroxylation sites is 1. The fraction of sp³-hybridized carbons (Fsp3) is 0.350. The predicted molar refractivity (Wildman–Crippen MR) is 102 cm³/mol. The molecule has 0 aromatic heterocycles. The molecular weight excluding hydrogens is 386 g/mol. The Morgan fingerprint density at radius 1 is 0.964 bits per heavy atom. The SMILES string of the molecule is O=C(CCc1ccc(S(=O)(=O)N2CCCCC2)cc1)Nc1c(F)cccc1F. The van der Waals surface area contributed by atoms with Gasteiger partial charge in [0.25, 0.3) is 0 Å². The van der Waals surface area contributed by atoms with Gasteiger partial charge in [0.15, 0.2) is 0 Å². The Kier molecular flexibility index (Phi) is 6.41. The number of amides is 1. The van der Waals surface area contributed by atoms with Gasteiger partial charge in [-0.1, -0.05) is 24.6 Å². The van der Waals surface area contributed by atoms with Crippen molar-refractivity contribution in [3.8, 4) is 0 Å². The van der Waals surface area contributed by atoms with Crippen molar-refractivity contribution in [3.63, 3.8) is 0 Å². The highest BCUT2D eigenvalue weighted by Gasteiger charge is 2.25. The first-order valence-electron chi connectivity index (χ1n) is 9.21. The number of piperidine rings is 1. The van der Waals surface area contributed by atoms with Crippen molar-refractivity contribution in [1.29, 1.82) is 0 Å². The predicted octanol–water partition coefficient (Wildman–Crippen LogP) is 3.71. The molecular formula is C20H22F2N2O3S. The first-order valence-corrected chi connectivity index (χ1v) is 10.6. The van der Waals surface area contributed by atoms with Crippen LogP contribution in [0.15, 0.2) is 47.4 Å². The summed E-state index contributed by atoms with van der Waals surface area (Å²) in [5.74, 6) is -2.18. The number of rotatable bonds is 6. The van der Waals surface area contributed by atoms with Gasteiger partial charge in [-0.2, -0.15) is 4.31 Å². The third-order valence-electron chi connectivity index (χ3n) is 4.74. The number of anilines is 1. The second kappa shape index (κ2) is 8.79. The molecule has 1 N–H and O–H groups in total. The molecule has 3 rings (SSSR count). The lowest BCUT2D eigenvalue weighted by molar-refractivity contribution is -0.116. The van der Waals surface area contributed by atoms with Gasteiger partial charge in [0, 0.05) is 19.5 Å².